The van der Waals surface area contributed by atoms with Gasteiger partial charge in [-0.1, -0.05) is 36.0 Å². The molecule has 1 saturated carbocycles. The second-order valence-electron chi connectivity index (χ2n) is 9.14. The Morgan fingerprint density at radius 1 is 1.05 bits per heavy atom. The predicted molar refractivity (Wildman–Crippen MR) is 150 cm³/mol. The molecule has 5 rings (SSSR count). The maximum atomic E-state index is 13.4. The smallest absolute Gasteiger partial charge is 0.322 e. The molecule has 1 aliphatic rings. The molecule has 2 amide bonds. The van der Waals surface area contributed by atoms with Gasteiger partial charge in [0.05, 0.1) is 18.7 Å². The van der Waals surface area contributed by atoms with Gasteiger partial charge in [0.15, 0.2) is 11.6 Å². The van der Waals surface area contributed by atoms with Crippen LogP contribution in [0.25, 0.3) is 22.8 Å². The number of benzene rings is 2. The molecule has 2 heterocycles. The summed E-state index contributed by atoms with van der Waals surface area (Å²) in [6.45, 7) is 0.932. The fourth-order valence-electron chi connectivity index (χ4n) is 4.74. The number of ether oxygens (including phenoxy) is 1. The molecule has 0 bridgehead atoms. The Balaban J connectivity index is 1.43. The predicted octanol–water partition coefficient (Wildman–Crippen LogP) is 6.80. The standard InChI is InChI=1S/C28H28Cl2N6O2/c1-38-25-11-6-20(18-24(25)30)27-33-26(19-12-14-31-15-13-19)34-36(27)17-16-35(23-4-2-3-5-23)28(37)32-22-9-7-21(29)8-10-22/h6-15,18,23H,2-5,16-17H2,1H3,(H,32,37). The van der Waals surface area contributed by atoms with Crippen molar-refractivity contribution in [2.45, 2.75) is 38.3 Å². The third kappa shape index (κ3) is 5.92. The molecule has 1 fully saturated rings. The van der Waals surface area contributed by atoms with Crippen LogP contribution >= 0.6 is 23.2 Å². The summed E-state index contributed by atoms with van der Waals surface area (Å²) in [4.78, 5) is 24.3. The zero-order valence-electron chi connectivity index (χ0n) is 21.0. The highest BCUT2D eigenvalue weighted by Gasteiger charge is 2.27. The van der Waals surface area contributed by atoms with Crippen LogP contribution in [-0.4, -0.2) is 50.4 Å². The molecule has 196 valence electrons. The molecule has 0 atom stereocenters. The number of methoxy groups -OCH3 is 1. The van der Waals surface area contributed by atoms with Crippen LogP contribution in [0.1, 0.15) is 25.7 Å². The van der Waals surface area contributed by atoms with Crippen molar-refractivity contribution in [3.05, 3.63) is 77.0 Å². The van der Waals surface area contributed by atoms with E-state index in [1.807, 2.05) is 39.9 Å². The number of nitrogens with one attached hydrogen (secondary N) is 1. The number of halogens is 2. The first kappa shape index (κ1) is 26.0. The number of nitrogens with zero attached hydrogens (tertiary/aromatic N) is 5. The summed E-state index contributed by atoms with van der Waals surface area (Å²) in [5.74, 6) is 1.82. The number of amides is 2. The maximum Gasteiger partial charge on any atom is 0.322 e. The van der Waals surface area contributed by atoms with Gasteiger partial charge in [0.1, 0.15) is 5.75 Å². The van der Waals surface area contributed by atoms with Crippen LogP contribution in [0.4, 0.5) is 10.5 Å². The van der Waals surface area contributed by atoms with E-state index in [0.29, 0.717) is 46.2 Å². The Hall–Kier alpha value is -3.62. The molecule has 38 heavy (non-hydrogen) atoms. The Labute approximate surface area is 231 Å². The van der Waals surface area contributed by atoms with E-state index in [1.54, 1.807) is 43.8 Å². The third-order valence-corrected chi connectivity index (χ3v) is 7.24. The molecule has 0 radical (unpaired) electrons. The van der Waals surface area contributed by atoms with Gasteiger partial charge < -0.3 is 15.0 Å². The average Bonchev–Trinajstić information content (AvgIpc) is 3.62. The van der Waals surface area contributed by atoms with Gasteiger partial charge in [-0.25, -0.2) is 14.5 Å². The first-order valence-corrected chi connectivity index (χ1v) is 13.3. The van der Waals surface area contributed by atoms with Crippen LogP contribution in [0.15, 0.2) is 67.0 Å². The van der Waals surface area contributed by atoms with Crippen molar-refractivity contribution in [1.82, 2.24) is 24.6 Å². The van der Waals surface area contributed by atoms with Gasteiger partial charge in [-0.3, -0.25) is 4.98 Å². The average molecular weight is 551 g/mol. The van der Waals surface area contributed by atoms with Crippen molar-refractivity contribution in [1.29, 1.82) is 0 Å². The molecular weight excluding hydrogens is 523 g/mol. The molecule has 2 aromatic heterocycles. The molecular formula is C28H28Cl2N6O2. The summed E-state index contributed by atoms with van der Waals surface area (Å²) in [5.41, 5.74) is 2.37. The highest BCUT2D eigenvalue weighted by molar-refractivity contribution is 6.32. The lowest BCUT2D eigenvalue weighted by Crippen LogP contribution is -2.43. The van der Waals surface area contributed by atoms with Crippen LogP contribution in [0.5, 0.6) is 5.75 Å². The van der Waals surface area contributed by atoms with Crippen molar-refractivity contribution >= 4 is 34.9 Å². The van der Waals surface area contributed by atoms with E-state index in [2.05, 4.69) is 10.3 Å². The van der Waals surface area contributed by atoms with Gasteiger partial charge in [-0.2, -0.15) is 5.10 Å². The van der Waals surface area contributed by atoms with Crippen molar-refractivity contribution < 1.29 is 9.53 Å². The van der Waals surface area contributed by atoms with E-state index in [4.69, 9.17) is 38.0 Å². The van der Waals surface area contributed by atoms with Crippen molar-refractivity contribution in [2.75, 3.05) is 19.0 Å². The first-order chi connectivity index (χ1) is 18.5. The Bertz CT molecular complexity index is 1390. The largest absolute Gasteiger partial charge is 0.495 e. The number of carbonyl (C=O) groups is 1. The maximum absolute atomic E-state index is 13.4. The molecule has 4 aromatic rings. The van der Waals surface area contributed by atoms with Crippen molar-refractivity contribution in [2.24, 2.45) is 0 Å². The minimum absolute atomic E-state index is 0.136. The molecule has 10 heteroatoms. The minimum Gasteiger partial charge on any atom is -0.495 e. The molecule has 0 aliphatic heterocycles. The number of hydrogen-bond donors (Lipinski definition) is 1. The van der Waals surface area contributed by atoms with E-state index in [-0.39, 0.29) is 12.1 Å². The topological polar surface area (TPSA) is 85.2 Å². The molecule has 0 unspecified atom stereocenters. The highest BCUT2D eigenvalue weighted by atomic mass is 35.5. The van der Waals surface area contributed by atoms with Crippen molar-refractivity contribution in [3.8, 4) is 28.5 Å². The third-order valence-electron chi connectivity index (χ3n) is 6.69. The summed E-state index contributed by atoms with van der Waals surface area (Å²) in [5, 5.41) is 8.94. The Kier molecular flexibility index (Phi) is 8.10. The number of anilines is 1. The zero-order valence-corrected chi connectivity index (χ0v) is 22.5. The van der Waals surface area contributed by atoms with Gasteiger partial charge in [-0.15, -0.1) is 0 Å². The number of carbonyl (C=O) groups excluding carboxylic acids is 1. The second-order valence-corrected chi connectivity index (χ2v) is 9.98. The summed E-state index contributed by atoms with van der Waals surface area (Å²) in [6.07, 6.45) is 7.61. The lowest BCUT2D eigenvalue weighted by atomic mass is 10.2. The normalized spacial score (nSPS) is 13.4. The van der Waals surface area contributed by atoms with Gasteiger partial charge in [0.2, 0.25) is 0 Å². The minimum atomic E-state index is -0.136. The number of pyridine rings is 1. The van der Waals surface area contributed by atoms with E-state index < -0.39 is 0 Å². The number of aromatic nitrogens is 4. The summed E-state index contributed by atoms with van der Waals surface area (Å²) >= 11 is 12.5. The van der Waals surface area contributed by atoms with Crippen LogP contribution in [-0.2, 0) is 6.54 Å². The molecule has 2 aromatic carbocycles. The van der Waals surface area contributed by atoms with Crippen LogP contribution in [0.3, 0.4) is 0 Å². The lowest BCUT2D eigenvalue weighted by Gasteiger charge is -2.29. The monoisotopic (exact) mass is 550 g/mol. The number of hydrogen-bond acceptors (Lipinski definition) is 5. The van der Waals surface area contributed by atoms with E-state index in [0.717, 1.165) is 36.8 Å². The van der Waals surface area contributed by atoms with Crippen LogP contribution in [0, 0.1) is 0 Å². The first-order valence-electron chi connectivity index (χ1n) is 12.5. The van der Waals surface area contributed by atoms with Crippen LogP contribution in [0.2, 0.25) is 10.0 Å². The lowest BCUT2D eigenvalue weighted by molar-refractivity contribution is 0.184. The van der Waals surface area contributed by atoms with E-state index in [9.17, 15) is 4.79 Å². The van der Waals surface area contributed by atoms with Crippen molar-refractivity contribution in [3.63, 3.8) is 0 Å². The summed E-state index contributed by atoms with van der Waals surface area (Å²) in [6, 6.07) is 16.4. The molecule has 8 nitrogen and oxygen atoms in total. The van der Waals surface area contributed by atoms with Gasteiger partial charge in [0, 0.05) is 46.8 Å². The second kappa shape index (κ2) is 11.8. The van der Waals surface area contributed by atoms with E-state index >= 15 is 0 Å². The Morgan fingerprint density at radius 2 is 1.79 bits per heavy atom. The number of rotatable bonds is 8. The SMILES string of the molecule is COc1ccc(-c2nc(-c3ccncc3)nn2CCN(C(=O)Nc2ccc(Cl)cc2)C2CCCC2)cc1Cl. The highest BCUT2D eigenvalue weighted by Crippen LogP contribution is 2.31. The quantitative estimate of drug-likeness (QED) is 0.260. The zero-order chi connectivity index (χ0) is 26.5. The van der Waals surface area contributed by atoms with Gasteiger partial charge in [0.25, 0.3) is 0 Å². The fourth-order valence-corrected chi connectivity index (χ4v) is 5.12. The summed E-state index contributed by atoms with van der Waals surface area (Å²) in [7, 11) is 1.58. The van der Waals surface area contributed by atoms with Crippen LogP contribution < -0.4 is 10.1 Å². The summed E-state index contributed by atoms with van der Waals surface area (Å²) < 4.78 is 7.16. The molecule has 0 saturated heterocycles. The molecule has 0 spiro atoms. The molecule has 1 N–H and O–H groups in total. The Morgan fingerprint density at radius 3 is 2.47 bits per heavy atom. The fraction of sp³-hybridized carbons (Fsp3) is 0.286. The van der Waals surface area contributed by atoms with Gasteiger partial charge >= 0.3 is 6.03 Å². The van der Waals surface area contributed by atoms with Gasteiger partial charge in [-0.05, 0) is 67.4 Å². The van der Waals surface area contributed by atoms with E-state index in [1.165, 1.54) is 0 Å². The molecule has 1 aliphatic carbocycles. The number of urea groups is 1.